The molecule has 1 aromatic carbocycles. The summed E-state index contributed by atoms with van der Waals surface area (Å²) in [6, 6.07) is 8.36. The Morgan fingerprint density at radius 2 is 2.06 bits per heavy atom. The number of nitrogens with two attached hydrogens (primary N) is 1. The number of para-hydroxylation sites is 1. The van der Waals surface area contributed by atoms with E-state index in [2.05, 4.69) is 30.0 Å². The molecular weight excluding hydrogens is 200 g/mol. The Morgan fingerprint density at radius 3 is 2.62 bits per heavy atom. The second-order valence-electron chi connectivity index (χ2n) is 3.92. The molecule has 0 radical (unpaired) electrons. The van der Waals surface area contributed by atoms with Crippen LogP contribution in [0, 0.1) is 0 Å². The van der Waals surface area contributed by atoms with E-state index in [1.165, 1.54) is 11.3 Å². The maximum atomic E-state index is 5.98. The first-order valence-electron chi connectivity index (χ1n) is 5.79. The van der Waals surface area contributed by atoms with Crippen LogP contribution in [0.4, 0.5) is 5.69 Å². The summed E-state index contributed by atoms with van der Waals surface area (Å²) in [5.41, 5.74) is 8.39. The average molecular weight is 222 g/mol. The molecule has 0 amide bonds. The van der Waals surface area contributed by atoms with E-state index in [0.717, 1.165) is 19.7 Å². The summed E-state index contributed by atoms with van der Waals surface area (Å²) >= 11 is 0. The average Bonchev–Trinajstić information content (AvgIpc) is 2.30. The lowest BCUT2D eigenvalue weighted by Crippen LogP contribution is -2.28. The lowest BCUT2D eigenvalue weighted by atomic mass is 10.1. The fourth-order valence-corrected chi connectivity index (χ4v) is 1.81. The molecule has 0 saturated carbocycles. The molecule has 1 aromatic rings. The van der Waals surface area contributed by atoms with Crippen molar-refractivity contribution in [3.05, 3.63) is 29.8 Å². The third-order valence-corrected chi connectivity index (χ3v) is 2.72. The van der Waals surface area contributed by atoms with Crippen molar-refractivity contribution >= 4 is 5.69 Å². The molecule has 0 fully saturated rings. The van der Waals surface area contributed by atoms with Gasteiger partial charge in [0.1, 0.15) is 0 Å². The van der Waals surface area contributed by atoms with Crippen LogP contribution in [0.1, 0.15) is 25.5 Å². The van der Waals surface area contributed by atoms with Gasteiger partial charge >= 0.3 is 0 Å². The molecule has 0 aliphatic heterocycles. The van der Waals surface area contributed by atoms with Gasteiger partial charge in [-0.3, -0.25) is 0 Å². The summed E-state index contributed by atoms with van der Waals surface area (Å²) in [5, 5.41) is 0. The van der Waals surface area contributed by atoms with Gasteiger partial charge in [0.25, 0.3) is 0 Å². The topological polar surface area (TPSA) is 38.5 Å². The Labute approximate surface area is 98.2 Å². The quantitative estimate of drug-likeness (QED) is 0.801. The van der Waals surface area contributed by atoms with Gasteiger partial charge in [0, 0.05) is 31.9 Å². The van der Waals surface area contributed by atoms with Crippen molar-refractivity contribution in [2.45, 2.75) is 19.9 Å². The van der Waals surface area contributed by atoms with Crippen molar-refractivity contribution in [2.24, 2.45) is 5.73 Å². The molecule has 1 atom stereocenters. The minimum absolute atomic E-state index is 0.0628. The number of likely N-dealkylation sites (N-methyl/N-ethyl adjacent to an activating group) is 1. The molecule has 0 aliphatic carbocycles. The summed E-state index contributed by atoms with van der Waals surface area (Å²) in [6.07, 6.45) is 0. The summed E-state index contributed by atoms with van der Waals surface area (Å²) < 4.78 is 5.12. The molecule has 2 N–H and O–H groups in total. The van der Waals surface area contributed by atoms with E-state index >= 15 is 0 Å². The Balaban J connectivity index is 2.90. The highest BCUT2D eigenvalue weighted by molar-refractivity contribution is 5.54. The monoisotopic (exact) mass is 222 g/mol. The van der Waals surface area contributed by atoms with Crippen LogP contribution >= 0.6 is 0 Å². The largest absolute Gasteiger partial charge is 0.383 e. The van der Waals surface area contributed by atoms with E-state index in [4.69, 9.17) is 10.5 Å². The van der Waals surface area contributed by atoms with Crippen molar-refractivity contribution < 1.29 is 4.74 Å². The second kappa shape index (κ2) is 6.51. The molecule has 3 nitrogen and oxygen atoms in total. The zero-order valence-corrected chi connectivity index (χ0v) is 10.4. The first kappa shape index (κ1) is 13.0. The van der Waals surface area contributed by atoms with Gasteiger partial charge in [-0.25, -0.2) is 0 Å². The zero-order valence-electron chi connectivity index (χ0n) is 10.4. The highest BCUT2D eigenvalue weighted by atomic mass is 16.5. The zero-order chi connectivity index (χ0) is 12.0. The fourth-order valence-electron chi connectivity index (χ4n) is 1.81. The van der Waals surface area contributed by atoms with Crippen molar-refractivity contribution in [2.75, 3.05) is 31.7 Å². The first-order valence-corrected chi connectivity index (χ1v) is 5.79. The molecular formula is C13H22N2O. The number of rotatable bonds is 6. The molecule has 0 heterocycles. The number of methoxy groups -OCH3 is 1. The van der Waals surface area contributed by atoms with Gasteiger partial charge in [-0.15, -0.1) is 0 Å². The van der Waals surface area contributed by atoms with Crippen molar-refractivity contribution in [3.8, 4) is 0 Å². The molecule has 0 unspecified atom stereocenters. The van der Waals surface area contributed by atoms with Crippen LogP contribution < -0.4 is 10.6 Å². The maximum absolute atomic E-state index is 5.98. The van der Waals surface area contributed by atoms with Crippen LogP contribution in [0.25, 0.3) is 0 Å². The standard InChI is InChI=1S/C13H22N2O/c1-4-15(9-10-16-3)13-8-6-5-7-12(13)11(2)14/h5-8,11H,4,9-10,14H2,1-3H3/t11-/m0/s1. The summed E-state index contributed by atoms with van der Waals surface area (Å²) in [4.78, 5) is 2.29. The van der Waals surface area contributed by atoms with E-state index in [9.17, 15) is 0 Å². The minimum Gasteiger partial charge on any atom is -0.383 e. The molecule has 0 spiro atoms. The van der Waals surface area contributed by atoms with Crippen molar-refractivity contribution in [1.82, 2.24) is 0 Å². The van der Waals surface area contributed by atoms with Crippen LogP contribution in [-0.4, -0.2) is 26.8 Å². The molecule has 16 heavy (non-hydrogen) atoms. The second-order valence-corrected chi connectivity index (χ2v) is 3.92. The maximum Gasteiger partial charge on any atom is 0.0637 e. The molecule has 0 aliphatic rings. The van der Waals surface area contributed by atoms with E-state index in [-0.39, 0.29) is 6.04 Å². The number of hydrogen-bond donors (Lipinski definition) is 1. The SMILES string of the molecule is CCN(CCOC)c1ccccc1[C@H](C)N. The minimum atomic E-state index is 0.0628. The number of nitrogens with zero attached hydrogens (tertiary/aromatic N) is 1. The van der Waals surface area contributed by atoms with E-state index in [1.54, 1.807) is 7.11 Å². The number of anilines is 1. The summed E-state index contributed by atoms with van der Waals surface area (Å²) in [6.45, 7) is 6.77. The normalized spacial score (nSPS) is 12.5. The Kier molecular flexibility index (Phi) is 5.29. The molecule has 0 bridgehead atoms. The molecule has 3 heteroatoms. The lowest BCUT2D eigenvalue weighted by Gasteiger charge is -2.26. The third kappa shape index (κ3) is 3.22. The van der Waals surface area contributed by atoms with Gasteiger partial charge in [0.15, 0.2) is 0 Å². The van der Waals surface area contributed by atoms with Gasteiger partial charge in [-0.1, -0.05) is 18.2 Å². The number of ether oxygens (including phenoxy) is 1. The predicted octanol–water partition coefficient (Wildman–Crippen LogP) is 2.18. The van der Waals surface area contributed by atoms with Gasteiger partial charge in [-0.2, -0.15) is 0 Å². The van der Waals surface area contributed by atoms with Crippen molar-refractivity contribution in [1.29, 1.82) is 0 Å². The highest BCUT2D eigenvalue weighted by Gasteiger charge is 2.11. The fraction of sp³-hybridized carbons (Fsp3) is 0.538. The van der Waals surface area contributed by atoms with E-state index < -0.39 is 0 Å². The Morgan fingerprint density at radius 1 is 1.38 bits per heavy atom. The number of hydrogen-bond acceptors (Lipinski definition) is 3. The molecule has 0 aromatic heterocycles. The van der Waals surface area contributed by atoms with Crippen LogP contribution in [0.3, 0.4) is 0 Å². The molecule has 90 valence electrons. The number of benzene rings is 1. The van der Waals surface area contributed by atoms with E-state index in [1.807, 2.05) is 13.0 Å². The summed E-state index contributed by atoms with van der Waals surface area (Å²) in [7, 11) is 1.73. The van der Waals surface area contributed by atoms with Crippen LogP contribution in [0.15, 0.2) is 24.3 Å². The van der Waals surface area contributed by atoms with Gasteiger partial charge in [0.05, 0.1) is 6.61 Å². The third-order valence-electron chi connectivity index (χ3n) is 2.72. The van der Waals surface area contributed by atoms with E-state index in [0.29, 0.717) is 0 Å². The van der Waals surface area contributed by atoms with Crippen molar-refractivity contribution in [3.63, 3.8) is 0 Å². The Hall–Kier alpha value is -1.06. The van der Waals surface area contributed by atoms with Crippen LogP contribution in [-0.2, 0) is 4.74 Å². The van der Waals surface area contributed by atoms with Gasteiger partial charge < -0.3 is 15.4 Å². The smallest absolute Gasteiger partial charge is 0.0637 e. The highest BCUT2D eigenvalue weighted by Crippen LogP contribution is 2.24. The lowest BCUT2D eigenvalue weighted by molar-refractivity contribution is 0.205. The van der Waals surface area contributed by atoms with Crippen LogP contribution in [0.2, 0.25) is 0 Å². The first-order chi connectivity index (χ1) is 7.70. The van der Waals surface area contributed by atoms with Crippen LogP contribution in [0.5, 0.6) is 0 Å². The van der Waals surface area contributed by atoms with Gasteiger partial charge in [0.2, 0.25) is 0 Å². The molecule has 1 rings (SSSR count). The summed E-state index contributed by atoms with van der Waals surface area (Å²) in [5.74, 6) is 0. The predicted molar refractivity (Wildman–Crippen MR) is 68.8 cm³/mol. The Bertz CT molecular complexity index is 313. The van der Waals surface area contributed by atoms with Gasteiger partial charge in [-0.05, 0) is 25.5 Å². The molecule has 0 saturated heterocycles.